The van der Waals surface area contributed by atoms with Crippen LogP contribution in [0.3, 0.4) is 0 Å². The molecule has 0 saturated carbocycles. The van der Waals surface area contributed by atoms with Crippen molar-refractivity contribution in [2.45, 2.75) is 33.7 Å². The number of rotatable bonds is 5. The molecule has 2 rings (SSSR count). The molecule has 0 aliphatic rings. The summed E-state index contributed by atoms with van der Waals surface area (Å²) < 4.78 is 5.63. The van der Waals surface area contributed by atoms with E-state index in [2.05, 4.69) is 57.3 Å². The molecule has 1 atom stereocenters. The van der Waals surface area contributed by atoms with Gasteiger partial charge in [0.15, 0.2) is 0 Å². The van der Waals surface area contributed by atoms with Gasteiger partial charge in [0.1, 0.15) is 5.75 Å². The second-order valence-electron chi connectivity index (χ2n) is 5.14. The molecule has 1 N–H and O–H groups in total. The Morgan fingerprint density at radius 3 is 2.50 bits per heavy atom. The van der Waals surface area contributed by atoms with Gasteiger partial charge in [-0.3, -0.25) is 0 Å². The first kappa shape index (κ1) is 15.1. The third kappa shape index (κ3) is 3.05. The predicted molar refractivity (Wildman–Crippen MR) is 87.0 cm³/mol. The van der Waals surface area contributed by atoms with Crippen LogP contribution in [0.25, 0.3) is 0 Å². The lowest BCUT2D eigenvalue weighted by Gasteiger charge is -2.22. The Morgan fingerprint density at radius 2 is 1.95 bits per heavy atom. The summed E-state index contributed by atoms with van der Waals surface area (Å²) in [5, 5.41) is 3.59. The summed E-state index contributed by atoms with van der Waals surface area (Å²) in [6.45, 7) is 9.49. The Kier molecular flexibility index (Phi) is 4.84. The summed E-state index contributed by atoms with van der Waals surface area (Å²) in [5.41, 5.74) is 3.77. The SMILES string of the molecule is CCNC(c1ccc(C)s1)c1c(C)cc(C)cc1OC. The van der Waals surface area contributed by atoms with Crippen molar-refractivity contribution < 1.29 is 4.74 Å². The van der Waals surface area contributed by atoms with E-state index in [-0.39, 0.29) is 6.04 Å². The van der Waals surface area contributed by atoms with Gasteiger partial charge in [-0.05, 0) is 56.6 Å². The molecule has 20 heavy (non-hydrogen) atoms. The largest absolute Gasteiger partial charge is 0.496 e. The average Bonchev–Trinajstić information content (AvgIpc) is 2.82. The van der Waals surface area contributed by atoms with E-state index in [1.54, 1.807) is 7.11 Å². The molecule has 108 valence electrons. The number of nitrogens with one attached hydrogen (secondary N) is 1. The molecular weight excluding hydrogens is 266 g/mol. The number of methoxy groups -OCH3 is 1. The number of aryl methyl sites for hydroxylation is 3. The molecule has 0 amide bonds. The quantitative estimate of drug-likeness (QED) is 0.882. The first-order valence-electron chi connectivity index (χ1n) is 7.01. The minimum absolute atomic E-state index is 0.203. The van der Waals surface area contributed by atoms with Crippen molar-refractivity contribution >= 4 is 11.3 Å². The lowest BCUT2D eigenvalue weighted by molar-refractivity contribution is 0.403. The molecule has 0 radical (unpaired) electrons. The van der Waals surface area contributed by atoms with Crippen LogP contribution in [0.4, 0.5) is 0 Å². The highest BCUT2D eigenvalue weighted by Gasteiger charge is 2.21. The molecule has 0 aliphatic heterocycles. The molecular formula is C17H23NOS. The predicted octanol–water partition coefficient (Wildman–Crippen LogP) is 4.38. The molecule has 0 bridgehead atoms. The fourth-order valence-corrected chi connectivity index (χ4v) is 3.60. The van der Waals surface area contributed by atoms with E-state index in [1.165, 1.54) is 26.4 Å². The van der Waals surface area contributed by atoms with E-state index >= 15 is 0 Å². The minimum Gasteiger partial charge on any atom is -0.496 e. The zero-order chi connectivity index (χ0) is 14.7. The van der Waals surface area contributed by atoms with Crippen molar-refractivity contribution in [3.63, 3.8) is 0 Å². The lowest BCUT2D eigenvalue weighted by atomic mass is 9.96. The van der Waals surface area contributed by atoms with Crippen LogP contribution in [0, 0.1) is 20.8 Å². The molecule has 2 nitrogen and oxygen atoms in total. The fourth-order valence-electron chi connectivity index (χ4n) is 2.64. The van der Waals surface area contributed by atoms with Crippen LogP contribution in [0.15, 0.2) is 24.3 Å². The smallest absolute Gasteiger partial charge is 0.124 e. The molecule has 1 aromatic heterocycles. The summed E-state index contributed by atoms with van der Waals surface area (Å²) in [7, 11) is 1.75. The first-order chi connectivity index (χ1) is 9.56. The summed E-state index contributed by atoms with van der Waals surface area (Å²) in [6, 6.07) is 8.94. The van der Waals surface area contributed by atoms with Gasteiger partial charge in [0.25, 0.3) is 0 Å². The Balaban J connectivity index is 2.54. The number of hydrogen-bond donors (Lipinski definition) is 1. The summed E-state index contributed by atoms with van der Waals surface area (Å²) in [4.78, 5) is 2.68. The molecule has 1 heterocycles. The number of thiophene rings is 1. The van der Waals surface area contributed by atoms with Gasteiger partial charge in [0, 0.05) is 15.3 Å². The van der Waals surface area contributed by atoms with Crippen LogP contribution in [0.2, 0.25) is 0 Å². The van der Waals surface area contributed by atoms with E-state index in [9.17, 15) is 0 Å². The van der Waals surface area contributed by atoms with Crippen molar-refractivity contribution in [2.75, 3.05) is 13.7 Å². The fraction of sp³-hybridized carbons (Fsp3) is 0.412. The molecule has 3 heteroatoms. The number of ether oxygens (including phenoxy) is 1. The highest BCUT2D eigenvalue weighted by molar-refractivity contribution is 7.12. The van der Waals surface area contributed by atoms with Crippen LogP contribution in [0.5, 0.6) is 5.75 Å². The zero-order valence-electron chi connectivity index (χ0n) is 12.9. The van der Waals surface area contributed by atoms with Gasteiger partial charge >= 0.3 is 0 Å². The second kappa shape index (κ2) is 6.42. The number of benzene rings is 1. The van der Waals surface area contributed by atoms with Gasteiger partial charge in [-0.15, -0.1) is 11.3 Å². The number of hydrogen-bond acceptors (Lipinski definition) is 3. The van der Waals surface area contributed by atoms with Crippen LogP contribution < -0.4 is 10.1 Å². The topological polar surface area (TPSA) is 21.3 Å². The van der Waals surface area contributed by atoms with Crippen LogP contribution in [-0.4, -0.2) is 13.7 Å². The van der Waals surface area contributed by atoms with Gasteiger partial charge in [-0.25, -0.2) is 0 Å². The normalized spacial score (nSPS) is 12.4. The highest BCUT2D eigenvalue weighted by Crippen LogP contribution is 2.36. The average molecular weight is 289 g/mol. The van der Waals surface area contributed by atoms with Gasteiger partial charge in [0.05, 0.1) is 13.2 Å². The van der Waals surface area contributed by atoms with Gasteiger partial charge in [-0.2, -0.15) is 0 Å². The zero-order valence-corrected chi connectivity index (χ0v) is 13.7. The van der Waals surface area contributed by atoms with E-state index in [0.717, 1.165) is 12.3 Å². The molecule has 1 unspecified atom stereocenters. The Labute approximate surface area is 125 Å². The molecule has 0 saturated heterocycles. The standard InChI is InChI=1S/C17H23NOS/c1-6-18-17(15-8-7-13(4)20-15)16-12(3)9-11(2)10-14(16)19-5/h7-10,17-18H,6H2,1-5H3. The van der Waals surface area contributed by atoms with Crippen LogP contribution in [-0.2, 0) is 0 Å². The van der Waals surface area contributed by atoms with Gasteiger partial charge in [-0.1, -0.05) is 13.0 Å². The van der Waals surface area contributed by atoms with Crippen molar-refractivity contribution in [3.05, 3.63) is 50.7 Å². The van der Waals surface area contributed by atoms with Crippen molar-refractivity contribution in [1.82, 2.24) is 5.32 Å². The van der Waals surface area contributed by atoms with E-state index in [1.807, 2.05) is 11.3 Å². The Morgan fingerprint density at radius 1 is 1.20 bits per heavy atom. The van der Waals surface area contributed by atoms with E-state index in [4.69, 9.17) is 4.74 Å². The monoisotopic (exact) mass is 289 g/mol. The van der Waals surface area contributed by atoms with Crippen molar-refractivity contribution in [3.8, 4) is 5.75 Å². The Hall–Kier alpha value is -1.32. The molecule has 1 aromatic carbocycles. The van der Waals surface area contributed by atoms with Crippen molar-refractivity contribution in [1.29, 1.82) is 0 Å². The molecule has 2 aromatic rings. The summed E-state index contributed by atoms with van der Waals surface area (Å²) in [5.74, 6) is 0.972. The van der Waals surface area contributed by atoms with E-state index in [0.29, 0.717) is 0 Å². The second-order valence-corrected chi connectivity index (χ2v) is 6.46. The van der Waals surface area contributed by atoms with Crippen LogP contribution >= 0.6 is 11.3 Å². The molecule has 0 spiro atoms. The first-order valence-corrected chi connectivity index (χ1v) is 7.83. The summed E-state index contributed by atoms with van der Waals surface area (Å²) >= 11 is 1.84. The maximum Gasteiger partial charge on any atom is 0.124 e. The maximum absolute atomic E-state index is 5.63. The van der Waals surface area contributed by atoms with Crippen LogP contribution in [0.1, 0.15) is 39.4 Å². The maximum atomic E-state index is 5.63. The third-order valence-corrected chi connectivity index (χ3v) is 4.52. The minimum atomic E-state index is 0.203. The third-order valence-electron chi connectivity index (χ3n) is 3.46. The summed E-state index contributed by atoms with van der Waals surface area (Å²) in [6.07, 6.45) is 0. The lowest BCUT2D eigenvalue weighted by Crippen LogP contribution is -2.22. The van der Waals surface area contributed by atoms with Crippen molar-refractivity contribution in [2.24, 2.45) is 0 Å². The van der Waals surface area contributed by atoms with Gasteiger partial charge in [0.2, 0.25) is 0 Å². The molecule has 0 fully saturated rings. The highest BCUT2D eigenvalue weighted by atomic mass is 32.1. The van der Waals surface area contributed by atoms with Gasteiger partial charge < -0.3 is 10.1 Å². The molecule has 0 aliphatic carbocycles. The van der Waals surface area contributed by atoms with E-state index < -0.39 is 0 Å². The Bertz CT molecular complexity index is 589.